The topological polar surface area (TPSA) is 69.9 Å². The van der Waals surface area contributed by atoms with E-state index in [0.29, 0.717) is 6.61 Å². The van der Waals surface area contributed by atoms with E-state index in [1.807, 2.05) is 32.0 Å². The monoisotopic (exact) mass is 221 g/mol. The molecule has 0 aliphatic heterocycles. The number of H-pyrrole nitrogens is 2. The van der Waals surface area contributed by atoms with Gasteiger partial charge in [-0.3, -0.25) is 0 Å². The van der Waals surface area contributed by atoms with Gasteiger partial charge in [-0.1, -0.05) is 6.07 Å². The Bertz CT molecular complexity index is 529. The Morgan fingerprint density at radius 2 is 2.12 bits per heavy atom. The molecular formula is C11H15N3O2. The summed E-state index contributed by atoms with van der Waals surface area (Å²) in [6.07, 6.45) is 0. The van der Waals surface area contributed by atoms with E-state index >= 15 is 0 Å². The minimum atomic E-state index is -0.183. The molecule has 0 spiro atoms. The van der Waals surface area contributed by atoms with Crippen LogP contribution in [0.3, 0.4) is 0 Å². The number of fused-ring (bicyclic) bond motifs is 1. The van der Waals surface area contributed by atoms with Crippen LogP contribution in [0.4, 0.5) is 0 Å². The summed E-state index contributed by atoms with van der Waals surface area (Å²) in [5.74, 6) is 0. The molecule has 5 nitrogen and oxygen atoms in total. The van der Waals surface area contributed by atoms with Crippen LogP contribution in [0.15, 0.2) is 23.0 Å². The molecule has 1 atom stereocenters. The largest absolute Gasteiger partial charge is 0.323 e. The van der Waals surface area contributed by atoms with Gasteiger partial charge in [0.25, 0.3) is 0 Å². The lowest BCUT2D eigenvalue weighted by Gasteiger charge is -2.13. The van der Waals surface area contributed by atoms with Crippen LogP contribution >= 0.6 is 0 Å². The van der Waals surface area contributed by atoms with Gasteiger partial charge in [0, 0.05) is 0 Å². The molecule has 0 aliphatic rings. The number of aromatic nitrogens is 2. The van der Waals surface area contributed by atoms with Crippen molar-refractivity contribution < 1.29 is 4.84 Å². The standard InChI is InChI=1S/C11H15N3O2/c1-3-16-14-7(2)8-4-5-9-10(6-8)13-11(15)12-9/h4-7,14H,3H2,1-2H3,(H2,12,13,15). The summed E-state index contributed by atoms with van der Waals surface area (Å²) in [6.45, 7) is 4.54. The maximum absolute atomic E-state index is 11.1. The van der Waals surface area contributed by atoms with Crippen LogP contribution in [0.2, 0.25) is 0 Å². The lowest BCUT2D eigenvalue weighted by atomic mass is 10.1. The molecule has 0 radical (unpaired) electrons. The molecule has 2 rings (SSSR count). The Hall–Kier alpha value is -1.59. The minimum absolute atomic E-state index is 0.0859. The van der Waals surface area contributed by atoms with Gasteiger partial charge < -0.3 is 14.8 Å². The molecule has 1 heterocycles. The van der Waals surface area contributed by atoms with E-state index in [4.69, 9.17) is 4.84 Å². The van der Waals surface area contributed by atoms with Crippen LogP contribution in [-0.4, -0.2) is 16.6 Å². The maximum atomic E-state index is 11.1. The quantitative estimate of drug-likeness (QED) is 0.684. The SMILES string of the molecule is CCONC(C)c1ccc2[nH]c(=O)[nH]c2c1. The highest BCUT2D eigenvalue weighted by molar-refractivity contribution is 5.75. The van der Waals surface area contributed by atoms with E-state index in [1.165, 1.54) is 0 Å². The first kappa shape index (κ1) is 10.9. The highest BCUT2D eigenvalue weighted by Gasteiger charge is 2.06. The summed E-state index contributed by atoms with van der Waals surface area (Å²) in [6, 6.07) is 5.86. The fourth-order valence-electron chi connectivity index (χ4n) is 1.60. The van der Waals surface area contributed by atoms with E-state index in [1.54, 1.807) is 0 Å². The summed E-state index contributed by atoms with van der Waals surface area (Å²) in [5.41, 5.74) is 5.43. The molecule has 0 amide bonds. The zero-order chi connectivity index (χ0) is 11.5. The minimum Gasteiger partial charge on any atom is -0.306 e. The van der Waals surface area contributed by atoms with Crippen molar-refractivity contribution in [3.63, 3.8) is 0 Å². The molecule has 0 fully saturated rings. The summed E-state index contributed by atoms with van der Waals surface area (Å²) in [5, 5.41) is 0. The van der Waals surface area contributed by atoms with Crippen LogP contribution in [0.25, 0.3) is 11.0 Å². The molecule has 0 saturated carbocycles. The molecule has 0 bridgehead atoms. The van der Waals surface area contributed by atoms with Crippen LogP contribution in [0, 0.1) is 0 Å². The van der Waals surface area contributed by atoms with Crippen molar-refractivity contribution in [2.45, 2.75) is 19.9 Å². The average Bonchev–Trinajstić information content (AvgIpc) is 2.64. The smallest absolute Gasteiger partial charge is 0.306 e. The number of hydrogen-bond acceptors (Lipinski definition) is 3. The molecule has 3 N–H and O–H groups in total. The first-order valence-electron chi connectivity index (χ1n) is 5.30. The van der Waals surface area contributed by atoms with Crippen molar-refractivity contribution in [3.8, 4) is 0 Å². The van der Waals surface area contributed by atoms with Crippen LogP contribution in [-0.2, 0) is 4.84 Å². The number of rotatable bonds is 4. The van der Waals surface area contributed by atoms with Gasteiger partial charge in [-0.25, -0.2) is 4.79 Å². The Balaban J connectivity index is 2.27. The lowest BCUT2D eigenvalue weighted by Crippen LogP contribution is -2.18. The Labute approximate surface area is 92.8 Å². The van der Waals surface area contributed by atoms with Gasteiger partial charge in [0.05, 0.1) is 23.7 Å². The molecule has 86 valence electrons. The second-order valence-corrected chi connectivity index (χ2v) is 3.66. The van der Waals surface area contributed by atoms with Gasteiger partial charge >= 0.3 is 5.69 Å². The summed E-state index contributed by atoms with van der Waals surface area (Å²) in [7, 11) is 0. The van der Waals surface area contributed by atoms with Gasteiger partial charge in [-0.05, 0) is 31.5 Å². The van der Waals surface area contributed by atoms with Crippen LogP contribution in [0.1, 0.15) is 25.5 Å². The molecule has 2 aromatic rings. The first-order chi connectivity index (χ1) is 7.70. The average molecular weight is 221 g/mol. The Morgan fingerprint density at radius 3 is 2.88 bits per heavy atom. The predicted octanol–water partition coefficient (Wildman–Crippen LogP) is 1.46. The second kappa shape index (κ2) is 4.51. The summed E-state index contributed by atoms with van der Waals surface area (Å²) >= 11 is 0. The van der Waals surface area contributed by atoms with E-state index in [2.05, 4.69) is 15.4 Å². The molecule has 16 heavy (non-hydrogen) atoms. The molecule has 5 heteroatoms. The van der Waals surface area contributed by atoms with Crippen molar-refractivity contribution >= 4 is 11.0 Å². The predicted molar refractivity (Wildman–Crippen MR) is 62.1 cm³/mol. The van der Waals surface area contributed by atoms with Gasteiger partial charge in [0.15, 0.2) is 0 Å². The number of hydrogen-bond donors (Lipinski definition) is 3. The molecule has 1 unspecified atom stereocenters. The number of aromatic amines is 2. The molecule has 1 aromatic carbocycles. The summed E-state index contributed by atoms with van der Waals surface area (Å²) < 4.78 is 0. The maximum Gasteiger partial charge on any atom is 0.323 e. The lowest BCUT2D eigenvalue weighted by molar-refractivity contribution is 0.0285. The first-order valence-corrected chi connectivity index (χ1v) is 5.30. The van der Waals surface area contributed by atoms with Crippen molar-refractivity contribution in [2.24, 2.45) is 0 Å². The van der Waals surface area contributed by atoms with Gasteiger partial charge in [0.2, 0.25) is 0 Å². The van der Waals surface area contributed by atoms with Crippen LogP contribution in [0.5, 0.6) is 0 Å². The Kier molecular flexibility index (Phi) is 3.07. The van der Waals surface area contributed by atoms with Crippen molar-refractivity contribution in [3.05, 3.63) is 34.2 Å². The van der Waals surface area contributed by atoms with Gasteiger partial charge in [-0.15, -0.1) is 0 Å². The zero-order valence-corrected chi connectivity index (χ0v) is 9.33. The third-order valence-corrected chi connectivity index (χ3v) is 2.44. The zero-order valence-electron chi connectivity index (χ0n) is 9.33. The highest BCUT2D eigenvalue weighted by atomic mass is 16.6. The molecule has 0 saturated heterocycles. The van der Waals surface area contributed by atoms with E-state index in [0.717, 1.165) is 16.6 Å². The number of imidazole rings is 1. The molecular weight excluding hydrogens is 206 g/mol. The van der Waals surface area contributed by atoms with Crippen molar-refractivity contribution in [1.82, 2.24) is 15.4 Å². The van der Waals surface area contributed by atoms with Crippen molar-refractivity contribution in [1.29, 1.82) is 0 Å². The fourth-order valence-corrected chi connectivity index (χ4v) is 1.60. The number of benzene rings is 1. The normalized spacial score (nSPS) is 13.1. The number of hydroxylamine groups is 1. The summed E-state index contributed by atoms with van der Waals surface area (Å²) in [4.78, 5) is 21.7. The Morgan fingerprint density at radius 1 is 1.38 bits per heavy atom. The third-order valence-electron chi connectivity index (χ3n) is 2.44. The number of nitrogens with one attached hydrogen (secondary N) is 3. The second-order valence-electron chi connectivity index (χ2n) is 3.66. The van der Waals surface area contributed by atoms with Crippen molar-refractivity contribution in [2.75, 3.05) is 6.61 Å². The van der Waals surface area contributed by atoms with Gasteiger partial charge in [0.1, 0.15) is 0 Å². The van der Waals surface area contributed by atoms with E-state index < -0.39 is 0 Å². The molecule has 0 aliphatic carbocycles. The third kappa shape index (κ3) is 2.15. The van der Waals surface area contributed by atoms with E-state index in [-0.39, 0.29) is 11.7 Å². The molecule has 1 aromatic heterocycles. The fraction of sp³-hybridized carbons (Fsp3) is 0.364. The highest BCUT2D eigenvalue weighted by Crippen LogP contribution is 2.16. The van der Waals surface area contributed by atoms with E-state index in [9.17, 15) is 4.79 Å². The van der Waals surface area contributed by atoms with Gasteiger partial charge in [-0.2, -0.15) is 5.48 Å². The van der Waals surface area contributed by atoms with Crippen LogP contribution < -0.4 is 11.2 Å².